The number of anilines is 1. The Hall–Kier alpha value is -2.01. The molecule has 0 fully saturated rings. The molecule has 2 rings (SSSR count). The summed E-state index contributed by atoms with van der Waals surface area (Å²) in [4.78, 5) is 0. The van der Waals surface area contributed by atoms with E-state index < -0.39 is 0 Å². The monoisotopic (exact) mass is 262 g/mol. The van der Waals surface area contributed by atoms with Crippen molar-refractivity contribution in [3.63, 3.8) is 0 Å². The average molecular weight is 262 g/mol. The van der Waals surface area contributed by atoms with E-state index in [0.717, 1.165) is 22.6 Å². The lowest BCUT2D eigenvalue weighted by Crippen LogP contribution is -2.00. The molecular formula is C14H18N2O3. The molecule has 0 saturated heterocycles. The Bertz CT molecular complexity index is 520. The molecule has 2 N–H and O–H groups in total. The summed E-state index contributed by atoms with van der Waals surface area (Å²) >= 11 is 0. The van der Waals surface area contributed by atoms with Crippen molar-refractivity contribution in [3.8, 4) is 16.9 Å². The van der Waals surface area contributed by atoms with Crippen LogP contribution in [0.3, 0.4) is 0 Å². The van der Waals surface area contributed by atoms with Crippen molar-refractivity contribution >= 4 is 5.88 Å². The topological polar surface area (TPSA) is 70.5 Å². The van der Waals surface area contributed by atoms with E-state index in [9.17, 15) is 0 Å². The van der Waals surface area contributed by atoms with Crippen LogP contribution in [0.25, 0.3) is 11.1 Å². The molecule has 0 spiro atoms. The molecule has 0 radical (unpaired) electrons. The lowest BCUT2D eigenvalue weighted by atomic mass is 10.0. The van der Waals surface area contributed by atoms with Crippen LogP contribution in [0, 0.1) is 0 Å². The van der Waals surface area contributed by atoms with E-state index >= 15 is 0 Å². The van der Waals surface area contributed by atoms with E-state index in [-0.39, 0.29) is 0 Å². The van der Waals surface area contributed by atoms with Gasteiger partial charge in [0.2, 0.25) is 5.88 Å². The van der Waals surface area contributed by atoms with Gasteiger partial charge in [-0.3, -0.25) is 0 Å². The molecule has 0 unspecified atom stereocenters. The smallest absolute Gasteiger partial charge is 0.230 e. The highest BCUT2D eigenvalue weighted by Gasteiger charge is 2.15. The Balaban J connectivity index is 2.24. The lowest BCUT2D eigenvalue weighted by molar-refractivity contribution is 0.149. The number of nitrogens with zero attached hydrogens (tertiary/aromatic N) is 1. The molecule has 0 aliphatic heterocycles. The van der Waals surface area contributed by atoms with Gasteiger partial charge >= 0.3 is 0 Å². The van der Waals surface area contributed by atoms with E-state index in [1.807, 2.05) is 31.2 Å². The normalized spacial score (nSPS) is 10.6. The molecule has 0 aliphatic carbocycles. The summed E-state index contributed by atoms with van der Waals surface area (Å²) in [5.74, 6) is 1.13. The van der Waals surface area contributed by atoms with Crippen LogP contribution in [-0.2, 0) is 11.2 Å². The molecule has 5 heteroatoms. The van der Waals surface area contributed by atoms with Crippen molar-refractivity contribution in [1.29, 1.82) is 0 Å². The maximum atomic E-state index is 5.85. The highest BCUT2D eigenvalue weighted by molar-refractivity contribution is 5.75. The Labute approximate surface area is 112 Å². The van der Waals surface area contributed by atoms with Gasteiger partial charge in [0, 0.05) is 13.0 Å². The van der Waals surface area contributed by atoms with Crippen LogP contribution in [0.1, 0.15) is 12.6 Å². The van der Waals surface area contributed by atoms with Gasteiger partial charge in [-0.2, -0.15) is 0 Å². The summed E-state index contributed by atoms with van der Waals surface area (Å²) in [6.45, 7) is 3.25. The fourth-order valence-corrected chi connectivity index (χ4v) is 1.89. The summed E-state index contributed by atoms with van der Waals surface area (Å²) in [6.07, 6.45) is 0.676. The number of aromatic nitrogens is 1. The summed E-state index contributed by atoms with van der Waals surface area (Å²) in [6, 6.07) is 7.64. The van der Waals surface area contributed by atoms with E-state index in [4.69, 9.17) is 19.7 Å². The molecule has 0 bridgehead atoms. The van der Waals surface area contributed by atoms with Gasteiger partial charge in [-0.05, 0) is 24.6 Å². The van der Waals surface area contributed by atoms with Gasteiger partial charge in [-0.25, -0.2) is 0 Å². The molecule has 0 saturated carbocycles. The van der Waals surface area contributed by atoms with Crippen LogP contribution in [0.15, 0.2) is 28.8 Å². The van der Waals surface area contributed by atoms with E-state index in [2.05, 4.69) is 5.16 Å². The van der Waals surface area contributed by atoms with Crippen molar-refractivity contribution < 1.29 is 14.0 Å². The predicted octanol–water partition coefficient (Wildman–Crippen LogP) is 2.51. The third-order valence-corrected chi connectivity index (χ3v) is 2.86. The number of ether oxygens (including phenoxy) is 2. The summed E-state index contributed by atoms with van der Waals surface area (Å²) in [5.41, 5.74) is 8.46. The lowest BCUT2D eigenvalue weighted by Gasteiger charge is -2.04. The minimum absolute atomic E-state index is 0.330. The van der Waals surface area contributed by atoms with Gasteiger partial charge < -0.3 is 19.7 Å². The quantitative estimate of drug-likeness (QED) is 0.810. The number of methoxy groups -OCH3 is 1. The molecule has 0 aliphatic rings. The molecule has 102 valence electrons. The van der Waals surface area contributed by atoms with E-state index in [1.165, 1.54) is 0 Å². The number of hydrogen-bond acceptors (Lipinski definition) is 5. The standard InChI is InChI=1S/C14H18N2O3/c1-3-18-9-8-12-13(14(15)19-16-12)10-4-6-11(17-2)7-5-10/h4-7H,3,8-9,15H2,1-2H3. The molecule has 1 aromatic carbocycles. The number of hydrogen-bond donors (Lipinski definition) is 1. The highest BCUT2D eigenvalue weighted by Crippen LogP contribution is 2.31. The Kier molecular flexibility index (Phi) is 4.41. The van der Waals surface area contributed by atoms with Crippen LogP contribution in [0.5, 0.6) is 5.75 Å². The van der Waals surface area contributed by atoms with Gasteiger partial charge in [-0.1, -0.05) is 17.3 Å². The minimum Gasteiger partial charge on any atom is -0.497 e. The van der Waals surface area contributed by atoms with Gasteiger partial charge in [-0.15, -0.1) is 0 Å². The van der Waals surface area contributed by atoms with Crippen LogP contribution < -0.4 is 10.5 Å². The number of nitrogens with two attached hydrogens (primary N) is 1. The van der Waals surface area contributed by atoms with Gasteiger partial charge in [0.25, 0.3) is 0 Å². The molecule has 2 aromatic rings. The molecule has 19 heavy (non-hydrogen) atoms. The van der Waals surface area contributed by atoms with Gasteiger partial charge in [0.05, 0.1) is 25.0 Å². The van der Waals surface area contributed by atoms with E-state index in [0.29, 0.717) is 25.5 Å². The number of benzene rings is 1. The maximum absolute atomic E-state index is 5.85. The van der Waals surface area contributed by atoms with Crippen LogP contribution in [-0.4, -0.2) is 25.5 Å². The second-order valence-corrected chi connectivity index (χ2v) is 4.04. The highest BCUT2D eigenvalue weighted by atomic mass is 16.5. The molecule has 1 heterocycles. The predicted molar refractivity (Wildman–Crippen MR) is 73.1 cm³/mol. The SMILES string of the molecule is CCOCCc1noc(N)c1-c1ccc(OC)cc1. The van der Waals surface area contributed by atoms with Gasteiger partial charge in [0.15, 0.2) is 0 Å². The molecule has 5 nitrogen and oxygen atoms in total. The third-order valence-electron chi connectivity index (χ3n) is 2.86. The summed E-state index contributed by atoms with van der Waals surface area (Å²) in [7, 11) is 1.64. The first-order valence-corrected chi connectivity index (χ1v) is 6.22. The number of nitrogen functional groups attached to an aromatic ring is 1. The van der Waals surface area contributed by atoms with Crippen LogP contribution in [0.4, 0.5) is 5.88 Å². The maximum Gasteiger partial charge on any atom is 0.230 e. The Morgan fingerprint density at radius 2 is 2.00 bits per heavy atom. The largest absolute Gasteiger partial charge is 0.497 e. The van der Waals surface area contributed by atoms with Crippen molar-refractivity contribution in [2.75, 3.05) is 26.1 Å². The molecule has 1 aromatic heterocycles. The average Bonchev–Trinajstić information content (AvgIpc) is 2.80. The molecular weight excluding hydrogens is 244 g/mol. The fraction of sp³-hybridized carbons (Fsp3) is 0.357. The fourth-order valence-electron chi connectivity index (χ4n) is 1.89. The summed E-state index contributed by atoms with van der Waals surface area (Å²) in [5, 5.41) is 4.00. The first-order chi connectivity index (χ1) is 9.26. The minimum atomic E-state index is 0.330. The summed E-state index contributed by atoms with van der Waals surface area (Å²) < 4.78 is 15.5. The number of rotatable bonds is 6. The molecule has 0 atom stereocenters. The first kappa shape index (κ1) is 13.4. The zero-order valence-corrected chi connectivity index (χ0v) is 11.2. The Morgan fingerprint density at radius 3 is 2.63 bits per heavy atom. The third kappa shape index (κ3) is 3.06. The zero-order chi connectivity index (χ0) is 13.7. The Morgan fingerprint density at radius 1 is 1.26 bits per heavy atom. The first-order valence-electron chi connectivity index (χ1n) is 6.22. The van der Waals surface area contributed by atoms with Crippen molar-refractivity contribution in [2.45, 2.75) is 13.3 Å². The zero-order valence-electron chi connectivity index (χ0n) is 11.2. The molecule has 0 amide bonds. The van der Waals surface area contributed by atoms with Gasteiger partial charge in [0.1, 0.15) is 5.75 Å². The second-order valence-electron chi connectivity index (χ2n) is 4.04. The van der Waals surface area contributed by atoms with Crippen LogP contribution in [0.2, 0.25) is 0 Å². The second kappa shape index (κ2) is 6.24. The van der Waals surface area contributed by atoms with Crippen molar-refractivity contribution in [3.05, 3.63) is 30.0 Å². The van der Waals surface area contributed by atoms with Crippen LogP contribution >= 0.6 is 0 Å². The van der Waals surface area contributed by atoms with Crippen molar-refractivity contribution in [2.24, 2.45) is 0 Å². The van der Waals surface area contributed by atoms with Crippen molar-refractivity contribution in [1.82, 2.24) is 5.16 Å². The van der Waals surface area contributed by atoms with E-state index in [1.54, 1.807) is 7.11 Å².